The van der Waals surface area contributed by atoms with Crippen molar-refractivity contribution < 1.29 is 13.9 Å². The summed E-state index contributed by atoms with van der Waals surface area (Å²) in [5.74, 6) is -2.51. The molecule has 0 aromatic heterocycles. The number of rotatable bonds is 2. The van der Waals surface area contributed by atoms with Crippen molar-refractivity contribution in [3.8, 4) is 0 Å². The SMILES string of the molecule is C[C@H](O)CN1CC(F)(F)C1. The summed E-state index contributed by atoms with van der Waals surface area (Å²) in [6.07, 6.45) is -0.504. The molecule has 0 aromatic carbocycles. The minimum atomic E-state index is -2.51. The number of aliphatic hydroxyl groups excluding tert-OH is 1. The van der Waals surface area contributed by atoms with Crippen molar-refractivity contribution in [2.24, 2.45) is 0 Å². The van der Waals surface area contributed by atoms with Crippen molar-refractivity contribution in [3.05, 3.63) is 0 Å². The molecule has 1 aliphatic rings. The maximum absolute atomic E-state index is 12.1. The largest absolute Gasteiger partial charge is 0.392 e. The molecular weight excluding hydrogens is 140 g/mol. The van der Waals surface area contributed by atoms with Gasteiger partial charge in [0.25, 0.3) is 5.92 Å². The highest BCUT2D eigenvalue weighted by molar-refractivity contribution is 4.87. The van der Waals surface area contributed by atoms with Crippen molar-refractivity contribution in [1.29, 1.82) is 0 Å². The molecule has 1 saturated heterocycles. The zero-order valence-electron chi connectivity index (χ0n) is 5.85. The highest BCUT2D eigenvalue weighted by Gasteiger charge is 2.43. The first-order valence-corrected chi connectivity index (χ1v) is 3.28. The molecule has 0 unspecified atom stereocenters. The van der Waals surface area contributed by atoms with Gasteiger partial charge in [-0.3, -0.25) is 4.90 Å². The van der Waals surface area contributed by atoms with Crippen LogP contribution in [0, 0.1) is 0 Å². The van der Waals surface area contributed by atoms with Crippen LogP contribution in [0.3, 0.4) is 0 Å². The topological polar surface area (TPSA) is 23.5 Å². The van der Waals surface area contributed by atoms with Gasteiger partial charge in [-0.25, -0.2) is 8.78 Å². The molecule has 1 fully saturated rings. The van der Waals surface area contributed by atoms with E-state index in [0.29, 0.717) is 6.54 Å². The predicted octanol–water partition coefficient (Wildman–Crippen LogP) is 0.318. The zero-order valence-corrected chi connectivity index (χ0v) is 5.85. The molecular formula is C6H11F2NO. The lowest BCUT2D eigenvalue weighted by atomic mass is 10.1. The number of β-amino-alcohol motifs (C(OH)–C–C–N with tert-alkyl or cyclic N) is 1. The predicted molar refractivity (Wildman–Crippen MR) is 33.1 cm³/mol. The minimum Gasteiger partial charge on any atom is -0.392 e. The lowest BCUT2D eigenvalue weighted by Gasteiger charge is -2.39. The Labute approximate surface area is 58.4 Å². The third kappa shape index (κ3) is 1.88. The van der Waals surface area contributed by atoms with Gasteiger partial charge in [0.1, 0.15) is 0 Å². The third-order valence-electron chi connectivity index (χ3n) is 1.43. The summed E-state index contributed by atoms with van der Waals surface area (Å²) in [7, 11) is 0. The Hall–Kier alpha value is -0.220. The molecule has 0 amide bonds. The molecule has 1 aliphatic heterocycles. The smallest absolute Gasteiger partial charge is 0.272 e. The van der Waals surface area contributed by atoms with E-state index in [-0.39, 0.29) is 13.1 Å². The maximum Gasteiger partial charge on any atom is 0.272 e. The van der Waals surface area contributed by atoms with E-state index in [1.807, 2.05) is 0 Å². The van der Waals surface area contributed by atoms with Gasteiger partial charge >= 0.3 is 0 Å². The lowest BCUT2D eigenvalue weighted by Crippen LogP contribution is -2.57. The van der Waals surface area contributed by atoms with E-state index in [2.05, 4.69) is 0 Å². The van der Waals surface area contributed by atoms with Crippen LogP contribution in [-0.2, 0) is 0 Å². The monoisotopic (exact) mass is 151 g/mol. The van der Waals surface area contributed by atoms with E-state index in [0.717, 1.165) is 0 Å². The van der Waals surface area contributed by atoms with E-state index in [1.165, 1.54) is 4.90 Å². The number of aliphatic hydroxyl groups is 1. The zero-order chi connectivity index (χ0) is 7.78. The van der Waals surface area contributed by atoms with Gasteiger partial charge in [0.05, 0.1) is 19.2 Å². The molecule has 1 N–H and O–H groups in total. The quantitative estimate of drug-likeness (QED) is 0.614. The normalized spacial score (nSPS) is 27.6. The molecule has 4 heteroatoms. The maximum atomic E-state index is 12.1. The summed E-state index contributed by atoms with van der Waals surface area (Å²) in [6.45, 7) is 1.56. The Balaban J connectivity index is 2.15. The van der Waals surface area contributed by atoms with Gasteiger partial charge in [-0.2, -0.15) is 0 Å². The van der Waals surface area contributed by atoms with Gasteiger partial charge in [0.2, 0.25) is 0 Å². The number of hydrogen-bond acceptors (Lipinski definition) is 2. The second kappa shape index (κ2) is 2.43. The fourth-order valence-electron chi connectivity index (χ4n) is 1.11. The van der Waals surface area contributed by atoms with Crippen LogP contribution in [0.15, 0.2) is 0 Å². The second-order valence-electron chi connectivity index (χ2n) is 2.87. The Morgan fingerprint density at radius 2 is 2.10 bits per heavy atom. The highest BCUT2D eigenvalue weighted by Crippen LogP contribution is 2.26. The standard InChI is InChI=1S/C6H11F2NO/c1-5(10)2-9-3-6(7,8)4-9/h5,10H,2-4H2,1H3/t5-/m0/s1. The summed E-state index contributed by atoms with van der Waals surface area (Å²) >= 11 is 0. The van der Waals surface area contributed by atoms with Crippen LogP contribution < -0.4 is 0 Å². The summed E-state index contributed by atoms with van der Waals surface area (Å²) in [5, 5.41) is 8.77. The lowest BCUT2D eigenvalue weighted by molar-refractivity contribution is -0.137. The van der Waals surface area contributed by atoms with Crippen LogP contribution in [0.1, 0.15) is 6.92 Å². The first-order valence-electron chi connectivity index (χ1n) is 3.28. The number of alkyl halides is 2. The number of likely N-dealkylation sites (tertiary alicyclic amines) is 1. The molecule has 1 atom stereocenters. The summed E-state index contributed by atoms with van der Waals surface area (Å²) in [5.41, 5.74) is 0. The molecule has 0 spiro atoms. The molecule has 0 aromatic rings. The van der Waals surface area contributed by atoms with Crippen LogP contribution in [0.2, 0.25) is 0 Å². The van der Waals surface area contributed by atoms with Gasteiger partial charge in [0.15, 0.2) is 0 Å². The second-order valence-corrected chi connectivity index (χ2v) is 2.87. The van der Waals surface area contributed by atoms with Crippen LogP contribution in [0.25, 0.3) is 0 Å². The van der Waals surface area contributed by atoms with Gasteiger partial charge in [-0.1, -0.05) is 0 Å². The van der Waals surface area contributed by atoms with Crippen molar-refractivity contribution in [2.75, 3.05) is 19.6 Å². The van der Waals surface area contributed by atoms with Gasteiger partial charge in [-0.15, -0.1) is 0 Å². The Morgan fingerprint density at radius 3 is 2.40 bits per heavy atom. The Morgan fingerprint density at radius 1 is 1.60 bits per heavy atom. The molecule has 0 radical (unpaired) electrons. The van der Waals surface area contributed by atoms with Crippen LogP contribution in [0.4, 0.5) is 8.78 Å². The average Bonchev–Trinajstić information content (AvgIpc) is 1.57. The van der Waals surface area contributed by atoms with Crippen molar-refractivity contribution in [3.63, 3.8) is 0 Å². The Kier molecular flexibility index (Phi) is 1.92. The van der Waals surface area contributed by atoms with Crippen LogP contribution in [-0.4, -0.2) is 41.7 Å². The molecule has 1 rings (SSSR count). The highest BCUT2D eigenvalue weighted by atomic mass is 19.3. The number of hydrogen-bond donors (Lipinski definition) is 1. The fourth-order valence-corrected chi connectivity index (χ4v) is 1.11. The van der Waals surface area contributed by atoms with Gasteiger partial charge < -0.3 is 5.11 Å². The molecule has 10 heavy (non-hydrogen) atoms. The van der Waals surface area contributed by atoms with E-state index in [9.17, 15) is 8.78 Å². The molecule has 60 valence electrons. The molecule has 2 nitrogen and oxygen atoms in total. The van der Waals surface area contributed by atoms with Crippen LogP contribution in [0.5, 0.6) is 0 Å². The first kappa shape index (κ1) is 7.88. The number of halogens is 2. The van der Waals surface area contributed by atoms with Gasteiger partial charge in [0, 0.05) is 6.54 Å². The fraction of sp³-hybridized carbons (Fsp3) is 1.00. The number of nitrogens with zero attached hydrogens (tertiary/aromatic N) is 1. The Bertz CT molecular complexity index is 116. The molecule has 0 bridgehead atoms. The van der Waals surface area contributed by atoms with Crippen LogP contribution >= 0.6 is 0 Å². The van der Waals surface area contributed by atoms with Gasteiger partial charge in [-0.05, 0) is 6.92 Å². The van der Waals surface area contributed by atoms with Crippen molar-refractivity contribution in [1.82, 2.24) is 4.90 Å². The summed E-state index contributed by atoms with van der Waals surface area (Å²) in [6, 6.07) is 0. The first-order chi connectivity index (χ1) is 4.49. The van der Waals surface area contributed by atoms with Crippen molar-refractivity contribution >= 4 is 0 Å². The summed E-state index contributed by atoms with van der Waals surface area (Å²) < 4.78 is 24.2. The van der Waals surface area contributed by atoms with E-state index in [1.54, 1.807) is 6.92 Å². The van der Waals surface area contributed by atoms with Crippen molar-refractivity contribution in [2.45, 2.75) is 19.0 Å². The third-order valence-corrected chi connectivity index (χ3v) is 1.43. The van der Waals surface area contributed by atoms with E-state index in [4.69, 9.17) is 5.11 Å². The average molecular weight is 151 g/mol. The summed E-state index contributed by atoms with van der Waals surface area (Å²) in [4.78, 5) is 1.53. The molecule has 1 heterocycles. The minimum absolute atomic E-state index is 0.197. The van der Waals surface area contributed by atoms with E-state index < -0.39 is 12.0 Å². The molecule has 0 saturated carbocycles. The van der Waals surface area contributed by atoms with E-state index >= 15 is 0 Å². The molecule has 0 aliphatic carbocycles.